The molecule has 0 aromatic rings. The summed E-state index contributed by atoms with van der Waals surface area (Å²) in [6.45, 7) is 3.72. The lowest BCUT2D eigenvalue weighted by atomic mass is 9.80. The Morgan fingerprint density at radius 1 is 0.857 bits per heavy atom. The first-order valence-electron chi connectivity index (χ1n) is 6.61. The van der Waals surface area contributed by atoms with E-state index >= 15 is 0 Å². The summed E-state index contributed by atoms with van der Waals surface area (Å²) in [6.07, 6.45) is 11.8. The normalized spacial score (nSPS) is 36.6. The first kappa shape index (κ1) is 10.5. The van der Waals surface area contributed by atoms with Crippen LogP contribution in [0.5, 0.6) is 0 Å². The van der Waals surface area contributed by atoms with Crippen molar-refractivity contribution in [1.82, 2.24) is 5.32 Å². The Morgan fingerprint density at radius 3 is 2.21 bits per heavy atom. The minimum Gasteiger partial charge on any atom is -0.313 e. The van der Waals surface area contributed by atoms with Crippen molar-refractivity contribution in [2.75, 3.05) is 6.54 Å². The fourth-order valence-corrected chi connectivity index (χ4v) is 3.37. The average molecular weight is 195 g/mol. The molecule has 0 aromatic carbocycles. The van der Waals surface area contributed by atoms with Gasteiger partial charge in [0.2, 0.25) is 0 Å². The van der Waals surface area contributed by atoms with Crippen molar-refractivity contribution >= 4 is 0 Å². The summed E-state index contributed by atoms with van der Waals surface area (Å²) < 4.78 is 0. The molecule has 1 nitrogen and oxygen atoms in total. The van der Waals surface area contributed by atoms with Crippen LogP contribution in [0.1, 0.15) is 58.3 Å². The van der Waals surface area contributed by atoms with Gasteiger partial charge in [-0.25, -0.2) is 0 Å². The number of piperidine rings is 1. The predicted octanol–water partition coefficient (Wildman–Crippen LogP) is 3.34. The predicted molar refractivity (Wildman–Crippen MR) is 61.4 cm³/mol. The SMILES string of the molecule is CC1CCCNC1C1CCCCCC1. The van der Waals surface area contributed by atoms with Gasteiger partial charge in [0.1, 0.15) is 0 Å². The van der Waals surface area contributed by atoms with E-state index in [-0.39, 0.29) is 0 Å². The number of hydrogen-bond acceptors (Lipinski definition) is 1. The zero-order chi connectivity index (χ0) is 9.80. The van der Waals surface area contributed by atoms with E-state index < -0.39 is 0 Å². The average Bonchev–Trinajstić information content (AvgIpc) is 2.47. The molecule has 2 rings (SSSR count). The second kappa shape index (κ2) is 5.16. The molecule has 0 aromatic heterocycles. The minimum atomic E-state index is 0.849. The summed E-state index contributed by atoms with van der Waals surface area (Å²) >= 11 is 0. The molecular formula is C13H25N. The molecule has 0 bridgehead atoms. The first-order chi connectivity index (χ1) is 6.88. The standard InChI is InChI=1S/C13H25N/c1-11-7-6-10-14-13(11)12-8-4-2-3-5-9-12/h11-14H,2-10H2,1H3. The third-order valence-corrected chi connectivity index (χ3v) is 4.24. The van der Waals surface area contributed by atoms with E-state index in [0.717, 1.165) is 17.9 Å². The number of rotatable bonds is 1. The van der Waals surface area contributed by atoms with E-state index in [4.69, 9.17) is 0 Å². The molecule has 1 aliphatic carbocycles. The van der Waals surface area contributed by atoms with Crippen molar-refractivity contribution in [3.8, 4) is 0 Å². The summed E-state index contributed by atoms with van der Waals surface area (Å²) in [5, 5.41) is 3.77. The van der Waals surface area contributed by atoms with Crippen molar-refractivity contribution in [2.24, 2.45) is 11.8 Å². The van der Waals surface area contributed by atoms with Gasteiger partial charge in [-0.3, -0.25) is 0 Å². The Balaban J connectivity index is 1.90. The highest BCUT2D eigenvalue weighted by Crippen LogP contribution is 2.31. The monoisotopic (exact) mass is 195 g/mol. The summed E-state index contributed by atoms with van der Waals surface area (Å²) in [6, 6.07) is 0.849. The molecule has 1 N–H and O–H groups in total. The molecule has 82 valence electrons. The molecule has 1 saturated heterocycles. The first-order valence-corrected chi connectivity index (χ1v) is 6.61. The fourth-order valence-electron chi connectivity index (χ4n) is 3.37. The highest BCUT2D eigenvalue weighted by Gasteiger charge is 2.28. The van der Waals surface area contributed by atoms with Gasteiger partial charge in [-0.15, -0.1) is 0 Å². The van der Waals surface area contributed by atoms with Crippen molar-refractivity contribution < 1.29 is 0 Å². The van der Waals surface area contributed by atoms with Crippen LogP contribution in [-0.2, 0) is 0 Å². The van der Waals surface area contributed by atoms with Gasteiger partial charge in [0.05, 0.1) is 0 Å². The summed E-state index contributed by atoms with van der Waals surface area (Å²) in [5.41, 5.74) is 0. The van der Waals surface area contributed by atoms with Crippen LogP contribution >= 0.6 is 0 Å². The minimum absolute atomic E-state index is 0.849. The lowest BCUT2D eigenvalue weighted by Gasteiger charge is -2.36. The van der Waals surface area contributed by atoms with Crippen molar-refractivity contribution in [2.45, 2.75) is 64.3 Å². The Bertz CT molecular complexity index is 159. The summed E-state index contributed by atoms with van der Waals surface area (Å²) in [5.74, 6) is 1.92. The van der Waals surface area contributed by atoms with E-state index in [1.165, 1.54) is 57.9 Å². The Labute approximate surface area is 88.7 Å². The van der Waals surface area contributed by atoms with Crippen LogP contribution in [0, 0.1) is 11.8 Å². The Kier molecular flexibility index (Phi) is 3.86. The Hall–Kier alpha value is -0.0400. The fraction of sp³-hybridized carbons (Fsp3) is 1.00. The van der Waals surface area contributed by atoms with Crippen LogP contribution in [0.4, 0.5) is 0 Å². The van der Waals surface area contributed by atoms with Crippen molar-refractivity contribution in [3.63, 3.8) is 0 Å². The molecule has 0 radical (unpaired) electrons. The van der Waals surface area contributed by atoms with Gasteiger partial charge in [-0.05, 0) is 44.1 Å². The second-order valence-electron chi connectivity index (χ2n) is 5.35. The molecule has 1 saturated carbocycles. The molecule has 2 aliphatic rings. The molecule has 1 heteroatoms. The van der Waals surface area contributed by atoms with E-state index in [2.05, 4.69) is 12.2 Å². The third-order valence-electron chi connectivity index (χ3n) is 4.24. The van der Waals surface area contributed by atoms with E-state index in [1.807, 2.05) is 0 Å². The van der Waals surface area contributed by atoms with Gasteiger partial charge in [-0.1, -0.05) is 32.6 Å². The van der Waals surface area contributed by atoms with Crippen LogP contribution in [-0.4, -0.2) is 12.6 Å². The molecule has 14 heavy (non-hydrogen) atoms. The molecule has 2 atom stereocenters. The van der Waals surface area contributed by atoms with Crippen LogP contribution < -0.4 is 5.32 Å². The number of hydrogen-bond donors (Lipinski definition) is 1. The van der Waals surface area contributed by atoms with E-state index in [1.54, 1.807) is 0 Å². The topological polar surface area (TPSA) is 12.0 Å². The smallest absolute Gasteiger partial charge is 0.0121 e. The van der Waals surface area contributed by atoms with Gasteiger partial charge >= 0.3 is 0 Å². The summed E-state index contributed by atoms with van der Waals surface area (Å²) in [7, 11) is 0. The van der Waals surface area contributed by atoms with Crippen LogP contribution in [0.2, 0.25) is 0 Å². The van der Waals surface area contributed by atoms with Crippen LogP contribution in [0.15, 0.2) is 0 Å². The van der Waals surface area contributed by atoms with Gasteiger partial charge < -0.3 is 5.32 Å². The Morgan fingerprint density at radius 2 is 1.57 bits per heavy atom. The zero-order valence-electron chi connectivity index (χ0n) is 9.60. The van der Waals surface area contributed by atoms with E-state index in [0.29, 0.717) is 0 Å². The maximum atomic E-state index is 3.77. The van der Waals surface area contributed by atoms with Gasteiger partial charge in [-0.2, -0.15) is 0 Å². The van der Waals surface area contributed by atoms with Gasteiger partial charge in [0, 0.05) is 6.04 Å². The molecular weight excluding hydrogens is 170 g/mol. The lowest BCUT2D eigenvalue weighted by Crippen LogP contribution is -2.45. The van der Waals surface area contributed by atoms with Crippen LogP contribution in [0.25, 0.3) is 0 Å². The lowest BCUT2D eigenvalue weighted by molar-refractivity contribution is 0.205. The van der Waals surface area contributed by atoms with Crippen molar-refractivity contribution in [1.29, 1.82) is 0 Å². The van der Waals surface area contributed by atoms with Gasteiger partial charge in [0.15, 0.2) is 0 Å². The largest absolute Gasteiger partial charge is 0.313 e. The van der Waals surface area contributed by atoms with Crippen LogP contribution in [0.3, 0.4) is 0 Å². The maximum absolute atomic E-state index is 3.77. The molecule has 1 aliphatic heterocycles. The molecule has 0 spiro atoms. The quantitative estimate of drug-likeness (QED) is 0.633. The zero-order valence-corrected chi connectivity index (χ0v) is 9.60. The van der Waals surface area contributed by atoms with Gasteiger partial charge in [0.25, 0.3) is 0 Å². The highest BCUT2D eigenvalue weighted by molar-refractivity contribution is 4.85. The molecule has 0 amide bonds. The highest BCUT2D eigenvalue weighted by atomic mass is 14.9. The second-order valence-corrected chi connectivity index (χ2v) is 5.35. The number of nitrogens with one attached hydrogen (secondary N) is 1. The van der Waals surface area contributed by atoms with Crippen molar-refractivity contribution in [3.05, 3.63) is 0 Å². The molecule has 2 fully saturated rings. The summed E-state index contributed by atoms with van der Waals surface area (Å²) in [4.78, 5) is 0. The van der Waals surface area contributed by atoms with E-state index in [9.17, 15) is 0 Å². The molecule has 2 unspecified atom stereocenters. The molecule has 1 heterocycles. The third kappa shape index (κ3) is 2.50. The maximum Gasteiger partial charge on any atom is 0.0121 e.